The van der Waals surface area contributed by atoms with Crippen molar-refractivity contribution >= 4 is 43.7 Å². The summed E-state index contributed by atoms with van der Waals surface area (Å²) >= 11 is 0. The van der Waals surface area contributed by atoms with Crippen molar-refractivity contribution in [3.63, 3.8) is 0 Å². The van der Waals surface area contributed by atoms with Crippen LogP contribution in [0.25, 0.3) is 106 Å². The van der Waals surface area contributed by atoms with Crippen LogP contribution >= 0.6 is 0 Å². The second kappa shape index (κ2) is 13.0. The molecule has 0 fully saturated rings. The first-order chi connectivity index (χ1) is 27.7. The van der Waals surface area contributed by atoms with Crippen LogP contribution in [0.4, 0.5) is 0 Å². The Bertz CT molecular complexity index is 3160. The molecular formula is C51H32N4O. The molecule has 0 N–H and O–H groups in total. The van der Waals surface area contributed by atoms with Crippen LogP contribution in [0.3, 0.4) is 0 Å². The van der Waals surface area contributed by atoms with Gasteiger partial charge in [-0.3, -0.25) is 0 Å². The zero-order valence-corrected chi connectivity index (χ0v) is 30.2. The van der Waals surface area contributed by atoms with Crippen molar-refractivity contribution in [1.29, 1.82) is 0 Å². The second-order valence-corrected chi connectivity index (χ2v) is 14.0. The lowest BCUT2D eigenvalue weighted by Crippen LogP contribution is -2.00. The standard InChI is InChI=1S/C51H32N4O/c1-4-13-34(14-5-1)49-52-50(35-15-6-2-7-16-35)54-51(53-49)36-25-23-33(24-26-36)37-27-29-42-43-21-12-20-40(48(43)56-47(42)32-37)38-28-30-46-44(31-38)41-19-10-11-22-45(41)55(46)39-17-8-3-9-18-39/h1-32H. The summed E-state index contributed by atoms with van der Waals surface area (Å²) in [4.78, 5) is 14.7. The van der Waals surface area contributed by atoms with E-state index >= 15 is 0 Å². The maximum absolute atomic E-state index is 6.75. The van der Waals surface area contributed by atoms with Gasteiger partial charge in [-0.1, -0.05) is 152 Å². The van der Waals surface area contributed by atoms with Crippen LogP contribution in [0, 0.1) is 0 Å². The van der Waals surface area contributed by atoms with Crippen molar-refractivity contribution in [2.45, 2.75) is 0 Å². The van der Waals surface area contributed by atoms with Gasteiger partial charge in [-0.05, 0) is 59.2 Å². The summed E-state index contributed by atoms with van der Waals surface area (Å²) in [6.45, 7) is 0. The van der Waals surface area contributed by atoms with Crippen molar-refractivity contribution < 1.29 is 4.42 Å². The highest BCUT2D eigenvalue weighted by atomic mass is 16.3. The molecule has 11 aromatic rings. The van der Waals surface area contributed by atoms with Crippen LogP contribution in [-0.4, -0.2) is 19.5 Å². The highest BCUT2D eigenvalue weighted by Crippen LogP contribution is 2.40. The Balaban J connectivity index is 0.965. The zero-order chi connectivity index (χ0) is 37.0. The van der Waals surface area contributed by atoms with Crippen molar-refractivity contribution in [2.75, 3.05) is 0 Å². The molecule has 262 valence electrons. The van der Waals surface area contributed by atoms with E-state index in [1.807, 2.05) is 60.7 Å². The molecule has 5 heteroatoms. The van der Waals surface area contributed by atoms with Crippen molar-refractivity contribution in [2.24, 2.45) is 0 Å². The first kappa shape index (κ1) is 31.9. The van der Waals surface area contributed by atoms with E-state index in [1.165, 1.54) is 21.8 Å². The minimum absolute atomic E-state index is 0.632. The minimum Gasteiger partial charge on any atom is -0.455 e. The Morgan fingerprint density at radius 1 is 0.339 bits per heavy atom. The van der Waals surface area contributed by atoms with Crippen LogP contribution in [-0.2, 0) is 0 Å². The third kappa shape index (κ3) is 5.37. The molecule has 8 aromatic carbocycles. The Morgan fingerprint density at radius 3 is 1.57 bits per heavy atom. The van der Waals surface area contributed by atoms with E-state index in [0.717, 1.165) is 66.6 Å². The molecule has 0 aliphatic heterocycles. The van der Waals surface area contributed by atoms with Crippen LogP contribution in [0.1, 0.15) is 0 Å². The number of benzene rings is 8. The molecule has 3 heterocycles. The van der Waals surface area contributed by atoms with Crippen LogP contribution in [0.5, 0.6) is 0 Å². The average Bonchev–Trinajstić information content (AvgIpc) is 3.82. The Hall–Kier alpha value is -7.63. The van der Waals surface area contributed by atoms with Gasteiger partial charge in [0, 0.05) is 49.5 Å². The zero-order valence-electron chi connectivity index (χ0n) is 30.2. The van der Waals surface area contributed by atoms with E-state index in [2.05, 4.69) is 138 Å². The van der Waals surface area contributed by atoms with Gasteiger partial charge in [-0.25, -0.2) is 15.0 Å². The predicted octanol–water partition coefficient (Wildman–Crippen LogP) is 13.2. The monoisotopic (exact) mass is 716 g/mol. The number of para-hydroxylation sites is 3. The summed E-state index contributed by atoms with van der Waals surface area (Å²) in [5.74, 6) is 1.92. The van der Waals surface area contributed by atoms with Gasteiger partial charge >= 0.3 is 0 Å². The maximum Gasteiger partial charge on any atom is 0.164 e. The average molecular weight is 717 g/mol. The summed E-state index contributed by atoms with van der Waals surface area (Å²) in [5.41, 5.74) is 12.4. The Morgan fingerprint density at radius 2 is 0.875 bits per heavy atom. The number of hydrogen-bond donors (Lipinski definition) is 0. The summed E-state index contributed by atoms with van der Waals surface area (Å²) in [6.07, 6.45) is 0. The van der Waals surface area contributed by atoms with Crippen LogP contribution < -0.4 is 0 Å². The number of furan rings is 1. The van der Waals surface area contributed by atoms with Crippen molar-refractivity contribution in [1.82, 2.24) is 19.5 Å². The first-order valence-corrected chi connectivity index (χ1v) is 18.8. The van der Waals surface area contributed by atoms with Gasteiger partial charge in [0.2, 0.25) is 0 Å². The van der Waals surface area contributed by atoms with Crippen LogP contribution in [0.2, 0.25) is 0 Å². The molecule has 11 rings (SSSR count). The van der Waals surface area contributed by atoms with Crippen molar-refractivity contribution in [3.8, 4) is 62.1 Å². The normalized spacial score (nSPS) is 11.6. The SMILES string of the molecule is c1ccc(-c2nc(-c3ccccc3)nc(-c3ccc(-c4ccc5c(c4)oc4c(-c6ccc7c(c6)c6ccccc6n7-c6ccccc6)cccc45)cc3)n2)cc1. The highest BCUT2D eigenvalue weighted by molar-refractivity contribution is 6.13. The van der Waals surface area contributed by atoms with Gasteiger partial charge in [0.15, 0.2) is 17.5 Å². The summed E-state index contributed by atoms with van der Waals surface area (Å²) in [7, 11) is 0. The topological polar surface area (TPSA) is 56.7 Å². The van der Waals surface area contributed by atoms with E-state index in [0.29, 0.717) is 17.5 Å². The number of nitrogens with zero attached hydrogens (tertiary/aromatic N) is 4. The molecule has 0 unspecified atom stereocenters. The molecule has 0 radical (unpaired) electrons. The Kier molecular flexibility index (Phi) is 7.42. The molecule has 5 nitrogen and oxygen atoms in total. The maximum atomic E-state index is 6.75. The molecular weight excluding hydrogens is 685 g/mol. The number of rotatable bonds is 6. The summed E-state index contributed by atoms with van der Waals surface area (Å²) in [6, 6.07) is 67.4. The van der Waals surface area contributed by atoms with Gasteiger partial charge in [0.05, 0.1) is 11.0 Å². The van der Waals surface area contributed by atoms with Gasteiger partial charge in [0.25, 0.3) is 0 Å². The molecule has 0 saturated heterocycles. The number of hydrogen-bond acceptors (Lipinski definition) is 4. The van der Waals surface area contributed by atoms with E-state index in [9.17, 15) is 0 Å². The molecule has 0 aliphatic rings. The van der Waals surface area contributed by atoms with Gasteiger partial charge in [0.1, 0.15) is 11.2 Å². The lowest BCUT2D eigenvalue weighted by atomic mass is 9.99. The summed E-state index contributed by atoms with van der Waals surface area (Å²) in [5, 5.41) is 4.63. The van der Waals surface area contributed by atoms with E-state index in [1.54, 1.807) is 0 Å². The van der Waals surface area contributed by atoms with Gasteiger partial charge in [-0.2, -0.15) is 0 Å². The molecule has 0 spiro atoms. The van der Waals surface area contributed by atoms with Gasteiger partial charge in [-0.15, -0.1) is 0 Å². The van der Waals surface area contributed by atoms with Gasteiger partial charge < -0.3 is 8.98 Å². The smallest absolute Gasteiger partial charge is 0.164 e. The third-order valence-corrected chi connectivity index (χ3v) is 10.7. The lowest BCUT2D eigenvalue weighted by Gasteiger charge is -2.09. The quantitative estimate of drug-likeness (QED) is 0.172. The first-order valence-electron chi connectivity index (χ1n) is 18.8. The van der Waals surface area contributed by atoms with E-state index in [-0.39, 0.29) is 0 Å². The molecule has 3 aromatic heterocycles. The fourth-order valence-electron chi connectivity index (χ4n) is 7.95. The second-order valence-electron chi connectivity index (χ2n) is 14.0. The number of fused-ring (bicyclic) bond motifs is 6. The molecule has 0 aliphatic carbocycles. The fraction of sp³-hybridized carbons (Fsp3) is 0. The fourth-order valence-corrected chi connectivity index (χ4v) is 7.95. The molecule has 56 heavy (non-hydrogen) atoms. The predicted molar refractivity (Wildman–Crippen MR) is 229 cm³/mol. The molecule has 0 amide bonds. The summed E-state index contributed by atoms with van der Waals surface area (Å²) < 4.78 is 9.09. The van der Waals surface area contributed by atoms with E-state index < -0.39 is 0 Å². The molecule has 0 saturated carbocycles. The molecule has 0 atom stereocenters. The highest BCUT2D eigenvalue weighted by Gasteiger charge is 2.17. The van der Waals surface area contributed by atoms with Crippen molar-refractivity contribution in [3.05, 3.63) is 194 Å². The number of aromatic nitrogens is 4. The largest absolute Gasteiger partial charge is 0.455 e. The minimum atomic E-state index is 0.632. The van der Waals surface area contributed by atoms with E-state index in [4.69, 9.17) is 19.4 Å². The van der Waals surface area contributed by atoms with Crippen LogP contribution in [0.15, 0.2) is 199 Å². The third-order valence-electron chi connectivity index (χ3n) is 10.7. The molecule has 0 bridgehead atoms. The lowest BCUT2D eigenvalue weighted by molar-refractivity contribution is 0.670. The Labute approximate surface area is 322 Å².